The molecule has 6 atom stereocenters. The summed E-state index contributed by atoms with van der Waals surface area (Å²) in [5.74, 6) is 0.916. The van der Waals surface area contributed by atoms with Crippen LogP contribution in [0.5, 0.6) is 5.75 Å². The number of fused-ring (bicyclic) bond motifs is 9. The number of carbonyl (C=O) groups excluding carboxylic acids is 1. The van der Waals surface area contributed by atoms with Crippen molar-refractivity contribution in [3.05, 3.63) is 29.5 Å². The third-order valence-corrected chi connectivity index (χ3v) is 7.44. The van der Waals surface area contributed by atoms with Crippen LogP contribution in [-0.2, 0) is 20.7 Å². The number of nitrogens with zero attached hydrogens (tertiary/aromatic N) is 1. The van der Waals surface area contributed by atoms with Gasteiger partial charge in [0.1, 0.15) is 18.0 Å². The van der Waals surface area contributed by atoms with Crippen molar-refractivity contribution in [1.82, 2.24) is 9.88 Å². The van der Waals surface area contributed by atoms with Gasteiger partial charge in [-0.2, -0.15) is 0 Å². The molecule has 0 amide bonds. The molecule has 0 unspecified atom stereocenters. The molecule has 3 aliphatic heterocycles. The zero-order valence-electron chi connectivity index (χ0n) is 15.4. The van der Waals surface area contributed by atoms with Crippen LogP contribution in [0, 0.1) is 17.8 Å². The molecule has 0 spiro atoms. The van der Waals surface area contributed by atoms with Crippen LogP contribution in [0.15, 0.2) is 18.2 Å². The number of aromatic hydroxyl groups is 1. The lowest BCUT2D eigenvalue weighted by Crippen LogP contribution is -2.53. The molecule has 2 saturated heterocycles. The maximum atomic E-state index is 12.5. The number of hydrogen-bond acceptors (Lipinski definition) is 5. The van der Waals surface area contributed by atoms with E-state index in [4.69, 9.17) is 9.47 Å². The van der Waals surface area contributed by atoms with Crippen molar-refractivity contribution in [2.45, 2.75) is 37.5 Å². The molecule has 2 N–H and O–H groups in total. The first-order valence-corrected chi connectivity index (χ1v) is 9.95. The molecule has 3 fully saturated rings. The first kappa shape index (κ1) is 16.0. The molecule has 4 heterocycles. The lowest BCUT2D eigenvalue weighted by atomic mass is 9.65. The number of H-pyrrole nitrogens is 1. The zero-order chi connectivity index (χ0) is 18.3. The normalized spacial score (nSPS) is 37.6. The summed E-state index contributed by atoms with van der Waals surface area (Å²) in [7, 11) is 1.70. The van der Waals surface area contributed by atoms with E-state index in [1.807, 2.05) is 12.1 Å². The maximum Gasteiger partial charge on any atom is 0.312 e. The number of carbonyl (C=O) groups is 1. The Labute approximate surface area is 157 Å². The predicted molar refractivity (Wildman–Crippen MR) is 98.4 cm³/mol. The number of esters is 1. The fourth-order valence-electron chi connectivity index (χ4n) is 6.33. The number of ether oxygens (including phenoxy) is 2. The molecule has 4 aliphatic rings. The number of aromatic nitrogens is 1. The standard InChI is InChI=1S/C21H24N2O4/c1-26-20-17-6-10-9-23-5-4-13-12-3-2-11(24)7-15(12)22-19(13)16(23)8-14(10)18(20)21(25)27-17/h2-3,7,10,14,16-18,20,22,24H,4-6,8-9H2,1H3/t10-,14+,16-,17-,18+,20+/m1/s1. The largest absolute Gasteiger partial charge is 0.508 e. The van der Waals surface area contributed by atoms with Gasteiger partial charge < -0.3 is 19.6 Å². The Morgan fingerprint density at radius 1 is 1.33 bits per heavy atom. The van der Waals surface area contributed by atoms with Gasteiger partial charge in [-0.1, -0.05) is 0 Å². The number of piperidine rings is 1. The highest BCUT2D eigenvalue weighted by Gasteiger charge is 2.58. The van der Waals surface area contributed by atoms with Gasteiger partial charge in [-0.05, 0) is 48.8 Å². The predicted octanol–water partition coefficient (Wildman–Crippen LogP) is 2.37. The van der Waals surface area contributed by atoms with E-state index in [0.29, 0.717) is 17.9 Å². The summed E-state index contributed by atoms with van der Waals surface area (Å²) in [5.41, 5.74) is 3.64. The van der Waals surface area contributed by atoms with Gasteiger partial charge in [0.15, 0.2) is 0 Å². The quantitative estimate of drug-likeness (QED) is 0.756. The molecule has 0 radical (unpaired) electrons. The average Bonchev–Trinajstić information content (AvgIpc) is 3.13. The summed E-state index contributed by atoms with van der Waals surface area (Å²) in [6.45, 7) is 2.07. The Morgan fingerprint density at radius 2 is 2.22 bits per heavy atom. The highest BCUT2D eigenvalue weighted by atomic mass is 16.6. The Hall–Kier alpha value is -2.05. The van der Waals surface area contributed by atoms with Gasteiger partial charge in [-0.25, -0.2) is 0 Å². The molecule has 1 saturated carbocycles. The summed E-state index contributed by atoms with van der Waals surface area (Å²) in [5, 5.41) is 11.1. The van der Waals surface area contributed by atoms with Crippen LogP contribution >= 0.6 is 0 Å². The SMILES string of the molecule is CO[C@@H]1[C@H]2C(=O)O[C@@H]1C[C@@H]1CN3CCc4c([nH]c5cc(O)ccc45)[C@H]3C[C@@H]12. The molecule has 1 aliphatic carbocycles. The molecule has 1 aromatic heterocycles. The Kier molecular flexibility index (Phi) is 3.24. The van der Waals surface area contributed by atoms with E-state index >= 15 is 0 Å². The van der Waals surface area contributed by atoms with Gasteiger partial charge >= 0.3 is 5.97 Å². The summed E-state index contributed by atoms with van der Waals surface area (Å²) < 4.78 is 11.3. The lowest BCUT2D eigenvalue weighted by molar-refractivity contribution is -0.144. The Balaban J connectivity index is 1.40. The van der Waals surface area contributed by atoms with Gasteiger partial charge in [-0.3, -0.25) is 9.69 Å². The average molecular weight is 368 g/mol. The molecular formula is C21H24N2O4. The first-order valence-electron chi connectivity index (χ1n) is 9.95. The van der Waals surface area contributed by atoms with Crippen molar-refractivity contribution in [3.63, 3.8) is 0 Å². The molecule has 142 valence electrons. The van der Waals surface area contributed by atoms with Gasteiger partial charge in [0.2, 0.25) is 0 Å². The lowest BCUT2D eigenvalue weighted by Gasteiger charge is -2.50. The fourth-order valence-corrected chi connectivity index (χ4v) is 6.33. The molecule has 2 aromatic rings. The van der Waals surface area contributed by atoms with E-state index < -0.39 is 0 Å². The van der Waals surface area contributed by atoms with Crippen LogP contribution in [0.3, 0.4) is 0 Å². The minimum atomic E-state index is -0.125. The Bertz CT molecular complexity index is 938. The van der Waals surface area contributed by atoms with E-state index in [1.165, 1.54) is 16.6 Å². The molecule has 1 aromatic carbocycles. The second-order valence-electron chi connectivity index (χ2n) is 8.60. The summed E-state index contributed by atoms with van der Waals surface area (Å²) in [6, 6.07) is 5.89. The molecule has 6 heteroatoms. The fraction of sp³-hybridized carbons (Fsp3) is 0.571. The maximum absolute atomic E-state index is 12.5. The molecular weight excluding hydrogens is 344 g/mol. The summed E-state index contributed by atoms with van der Waals surface area (Å²) in [4.78, 5) is 18.7. The number of hydrogen-bond donors (Lipinski definition) is 2. The van der Waals surface area contributed by atoms with E-state index in [0.717, 1.165) is 37.9 Å². The monoisotopic (exact) mass is 368 g/mol. The number of rotatable bonds is 1. The second kappa shape index (κ2) is 5.49. The summed E-state index contributed by atoms with van der Waals surface area (Å²) in [6.07, 6.45) is 2.75. The van der Waals surface area contributed by atoms with E-state index in [-0.39, 0.29) is 29.8 Å². The highest BCUT2D eigenvalue weighted by molar-refractivity contribution is 5.86. The van der Waals surface area contributed by atoms with Crippen LogP contribution in [0.25, 0.3) is 10.9 Å². The number of phenolic OH excluding ortho intramolecular Hbond substituents is 1. The van der Waals surface area contributed by atoms with Crippen molar-refractivity contribution >= 4 is 16.9 Å². The highest BCUT2D eigenvalue weighted by Crippen LogP contribution is 2.52. The van der Waals surface area contributed by atoms with Gasteiger partial charge in [0.25, 0.3) is 0 Å². The number of nitrogens with one attached hydrogen (secondary N) is 1. The van der Waals surface area contributed by atoms with Crippen LogP contribution in [0.2, 0.25) is 0 Å². The third-order valence-electron chi connectivity index (χ3n) is 7.44. The van der Waals surface area contributed by atoms with Crippen LogP contribution < -0.4 is 0 Å². The number of phenols is 1. The van der Waals surface area contributed by atoms with Crippen molar-refractivity contribution in [2.75, 3.05) is 20.2 Å². The second-order valence-corrected chi connectivity index (χ2v) is 8.60. The minimum absolute atomic E-state index is 0.0644. The van der Waals surface area contributed by atoms with Gasteiger partial charge in [0.05, 0.1) is 12.0 Å². The van der Waals surface area contributed by atoms with Crippen molar-refractivity contribution in [2.24, 2.45) is 17.8 Å². The smallest absolute Gasteiger partial charge is 0.312 e. The first-order chi connectivity index (χ1) is 13.1. The zero-order valence-corrected chi connectivity index (χ0v) is 15.4. The van der Waals surface area contributed by atoms with Crippen LogP contribution in [0.4, 0.5) is 0 Å². The van der Waals surface area contributed by atoms with Gasteiger partial charge in [-0.15, -0.1) is 0 Å². The summed E-state index contributed by atoms with van der Waals surface area (Å²) >= 11 is 0. The van der Waals surface area contributed by atoms with E-state index in [1.54, 1.807) is 13.2 Å². The molecule has 2 bridgehead atoms. The van der Waals surface area contributed by atoms with Crippen LogP contribution in [0.1, 0.15) is 30.1 Å². The van der Waals surface area contributed by atoms with E-state index in [2.05, 4.69) is 9.88 Å². The van der Waals surface area contributed by atoms with E-state index in [9.17, 15) is 9.90 Å². The molecule has 27 heavy (non-hydrogen) atoms. The molecule has 6 rings (SSSR count). The van der Waals surface area contributed by atoms with Crippen molar-refractivity contribution < 1.29 is 19.4 Å². The number of benzene rings is 1. The number of methoxy groups -OCH3 is 1. The topological polar surface area (TPSA) is 74.8 Å². The molecule has 6 nitrogen and oxygen atoms in total. The van der Waals surface area contributed by atoms with Crippen molar-refractivity contribution in [3.8, 4) is 5.75 Å². The Morgan fingerprint density at radius 3 is 3.07 bits per heavy atom. The van der Waals surface area contributed by atoms with Crippen LogP contribution in [-0.4, -0.2) is 53.4 Å². The minimum Gasteiger partial charge on any atom is -0.508 e. The van der Waals surface area contributed by atoms with Crippen molar-refractivity contribution in [1.29, 1.82) is 0 Å². The third kappa shape index (κ3) is 2.11. The van der Waals surface area contributed by atoms with Gasteiger partial charge in [0, 0.05) is 42.9 Å². The number of aromatic amines is 1.